The van der Waals surface area contributed by atoms with E-state index in [2.05, 4.69) is 24.1 Å². The third kappa shape index (κ3) is 4.68. The number of hydrogen-bond acceptors (Lipinski definition) is 3. The Balaban J connectivity index is 1.67. The molecule has 1 aliphatic rings. The van der Waals surface area contributed by atoms with E-state index in [1.54, 1.807) is 18.2 Å². The lowest BCUT2D eigenvalue weighted by Crippen LogP contribution is -2.48. The second-order valence-corrected chi connectivity index (χ2v) is 7.04. The number of anilines is 1. The van der Waals surface area contributed by atoms with Crippen molar-refractivity contribution in [1.29, 1.82) is 0 Å². The molecule has 3 rings (SSSR count). The number of nitrogens with one attached hydrogen (secondary N) is 1. The first-order valence-corrected chi connectivity index (χ1v) is 9.00. The van der Waals surface area contributed by atoms with Gasteiger partial charge in [-0.05, 0) is 23.6 Å². The number of rotatable bonds is 5. The SMILES string of the molecule is CC(C)[C@H]1CN(CC(=O)Nc2ccccc2F)C[C@@H](c2ccccc2)O1. The summed E-state index contributed by atoms with van der Waals surface area (Å²) >= 11 is 0. The predicted molar refractivity (Wildman–Crippen MR) is 100 cm³/mol. The van der Waals surface area contributed by atoms with E-state index in [4.69, 9.17) is 4.74 Å². The summed E-state index contributed by atoms with van der Waals surface area (Å²) in [5.74, 6) is -0.296. The van der Waals surface area contributed by atoms with E-state index < -0.39 is 5.82 Å². The van der Waals surface area contributed by atoms with Crippen LogP contribution in [0.3, 0.4) is 0 Å². The molecule has 1 aliphatic heterocycles. The summed E-state index contributed by atoms with van der Waals surface area (Å²) < 4.78 is 20.0. The lowest BCUT2D eigenvalue weighted by Gasteiger charge is -2.39. The highest BCUT2D eigenvalue weighted by Gasteiger charge is 2.31. The summed E-state index contributed by atoms with van der Waals surface area (Å²) in [6.07, 6.45) is -0.0196. The summed E-state index contributed by atoms with van der Waals surface area (Å²) in [5.41, 5.74) is 1.32. The zero-order valence-electron chi connectivity index (χ0n) is 15.2. The minimum Gasteiger partial charge on any atom is -0.367 e. The normalized spacial score (nSPS) is 20.9. The molecule has 2 aromatic carbocycles. The minimum atomic E-state index is -0.426. The van der Waals surface area contributed by atoms with Gasteiger partial charge in [0.1, 0.15) is 5.82 Å². The van der Waals surface area contributed by atoms with Crippen LogP contribution in [-0.4, -0.2) is 36.5 Å². The van der Waals surface area contributed by atoms with Crippen LogP contribution < -0.4 is 5.32 Å². The fourth-order valence-corrected chi connectivity index (χ4v) is 3.16. The number of carbonyl (C=O) groups excluding carboxylic acids is 1. The summed E-state index contributed by atoms with van der Waals surface area (Å²) in [6, 6.07) is 16.3. The fraction of sp³-hybridized carbons (Fsp3) is 0.381. The minimum absolute atomic E-state index is 0.0511. The fourth-order valence-electron chi connectivity index (χ4n) is 3.16. The number of morpholine rings is 1. The quantitative estimate of drug-likeness (QED) is 0.884. The van der Waals surface area contributed by atoms with Crippen molar-refractivity contribution in [2.24, 2.45) is 5.92 Å². The van der Waals surface area contributed by atoms with Crippen LogP contribution in [0.5, 0.6) is 0 Å². The molecule has 1 amide bonds. The van der Waals surface area contributed by atoms with E-state index in [1.807, 2.05) is 30.3 Å². The van der Waals surface area contributed by atoms with E-state index >= 15 is 0 Å². The number of para-hydroxylation sites is 1. The first-order chi connectivity index (χ1) is 12.5. The van der Waals surface area contributed by atoms with Gasteiger partial charge in [-0.1, -0.05) is 56.3 Å². The maximum Gasteiger partial charge on any atom is 0.238 e. The van der Waals surface area contributed by atoms with Gasteiger partial charge in [-0.15, -0.1) is 0 Å². The van der Waals surface area contributed by atoms with E-state index in [1.165, 1.54) is 6.07 Å². The summed E-state index contributed by atoms with van der Waals surface area (Å²) in [6.45, 7) is 5.78. The Kier molecular flexibility index (Phi) is 6.01. The van der Waals surface area contributed by atoms with Crippen LogP contribution in [0, 0.1) is 11.7 Å². The topological polar surface area (TPSA) is 41.6 Å². The van der Waals surface area contributed by atoms with Crippen LogP contribution in [0.4, 0.5) is 10.1 Å². The largest absolute Gasteiger partial charge is 0.367 e. The molecule has 0 aromatic heterocycles. The number of halogens is 1. The summed E-state index contributed by atoms with van der Waals surface area (Å²) in [5, 5.41) is 2.66. The molecule has 138 valence electrons. The highest BCUT2D eigenvalue weighted by atomic mass is 19.1. The van der Waals surface area contributed by atoms with Crippen LogP contribution in [-0.2, 0) is 9.53 Å². The average molecular weight is 356 g/mol. The third-order valence-electron chi connectivity index (χ3n) is 4.63. The van der Waals surface area contributed by atoms with Crippen molar-refractivity contribution in [3.63, 3.8) is 0 Å². The Labute approximate surface area is 154 Å². The molecular formula is C21H25FN2O2. The molecule has 1 saturated heterocycles. The van der Waals surface area contributed by atoms with E-state index in [9.17, 15) is 9.18 Å². The molecule has 0 bridgehead atoms. The highest BCUT2D eigenvalue weighted by molar-refractivity contribution is 5.92. The van der Waals surface area contributed by atoms with E-state index in [-0.39, 0.29) is 30.3 Å². The molecule has 5 heteroatoms. The van der Waals surface area contributed by atoms with Gasteiger partial charge < -0.3 is 10.1 Å². The summed E-state index contributed by atoms with van der Waals surface area (Å²) in [4.78, 5) is 14.5. The first kappa shape index (κ1) is 18.5. The van der Waals surface area contributed by atoms with Gasteiger partial charge >= 0.3 is 0 Å². The van der Waals surface area contributed by atoms with Crippen LogP contribution >= 0.6 is 0 Å². The van der Waals surface area contributed by atoms with Gasteiger partial charge in [0.2, 0.25) is 5.91 Å². The molecule has 2 aromatic rings. The molecule has 4 nitrogen and oxygen atoms in total. The smallest absolute Gasteiger partial charge is 0.238 e. The van der Waals surface area contributed by atoms with Crippen LogP contribution in [0.15, 0.2) is 54.6 Å². The maximum absolute atomic E-state index is 13.7. The Morgan fingerprint density at radius 3 is 2.54 bits per heavy atom. The molecule has 0 spiro atoms. The van der Waals surface area contributed by atoms with Gasteiger partial charge in [-0.3, -0.25) is 9.69 Å². The van der Waals surface area contributed by atoms with Crippen molar-refractivity contribution >= 4 is 11.6 Å². The molecule has 0 saturated carbocycles. The first-order valence-electron chi connectivity index (χ1n) is 9.00. The predicted octanol–water partition coefficient (Wildman–Crippen LogP) is 3.86. The van der Waals surface area contributed by atoms with Gasteiger partial charge in [0.05, 0.1) is 24.4 Å². The second kappa shape index (κ2) is 8.43. The van der Waals surface area contributed by atoms with Gasteiger partial charge in [0, 0.05) is 13.1 Å². The molecule has 1 heterocycles. The number of benzene rings is 2. The van der Waals surface area contributed by atoms with Crippen molar-refractivity contribution in [3.8, 4) is 0 Å². The standard InChI is InChI=1S/C21H25FN2O2/c1-15(2)19-12-24(13-20(26-19)16-8-4-3-5-9-16)14-21(25)23-18-11-7-6-10-17(18)22/h3-11,15,19-20H,12-14H2,1-2H3,(H,23,25)/t19-,20+/m1/s1. The van der Waals surface area contributed by atoms with Gasteiger partial charge in [-0.2, -0.15) is 0 Å². The third-order valence-corrected chi connectivity index (χ3v) is 4.63. The van der Waals surface area contributed by atoms with Gasteiger partial charge in [-0.25, -0.2) is 4.39 Å². The van der Waals surface area contributed by atoms with Crippen molar-refractivity contribution in [2.75, 3.05) is 25.0 Å². The Bertz CT molecular complexity index is 736. The van der Waals surface area contributed by atoms with Crippen molar-refractivity contribution in [3.05, 3.63) is 66.0 Å². The van der Waals surface area contributed by atoms with E-state index in [0.717, 1.165) is 5.56 Å². The molecule has 0 aliphatic carbocycles. The number of ether oxygens (including phenoxy) is 1. The Hall–Kier alpha value is -2.24. The molecule has 2 atom stereocenters. The maximum atomic E-state index is 13.7. The van der Waals surface area contributed by atoms with Crippen LogP contribution in [0.25, 0.3) is 0 Å². The van der Waals surface area contributed by atoms with Gasteiger partial charge in [0.15, 0.2) is 0 Å². The molecule has 1 fully saturated rings. The average Bonchev–Trinajstić information content (AvgIpc) is 2.64. The van der Waals surface area contributed by atoms with Crippen LogP contribution in [0.2, 0.25) is 0 Å². The van der Waals surface area contributed by atoms with Crippen LogP contribution in [0.1, 0.15) is 25.5 Å². The van der Waals surface area contributed by atoms with Crippen molar-refractivity contribution in [2.45, 2.75) is 26.1 Å². The number of hydrogen-bond donors (Lipinski definition) is 1. The molecular weight excluding hydrogens is 331 g/mol. The van der Waals surface area contributed by atoms with E-state index in [0.29, 0.717) is 19.0 Å². The molecule has 0 radical (unpaired) electrons. The zero-order chi connectivity index (χ0) is 18.5. The number of carbonyl (C=O) groups is 1. The highest BCUT2D eigenvalue weighted by Crippen LogP contribution is 2.28. The number of amides is 1. The lowest BCUT2D eigenvalue weighted by molar-refractivity contribution is -0.126. The molecule has 1 N–H and O–H groups in total. The lowest BCUT2D eigenvalue weighted by atomic mass is 10.0. The van der Waals surface area contributed by atoms with Crippen molar-refractivity contribution in [1.82, 2.24) is 4.90 Å². The molecule has 26 heavy (non-hydrogen) atoms. The monoisotopic (exact) mass is 356 g/mol. The van der Waals surface area contributed by atoms with Crippen molar-refractivity contribution < 1.29 is 13.9 Å². The number of nitrogens with zero attached hydrogens (tertiary/aromatic N) is 1. The Morgan fingerprint density at radius 1 is 1.15 bits per heavy atom. The molecule has 0 unspecified atom stereocenters. The van der Waals surface area contributed by atoms with Gasteiger partial charge in [0.25, 0.3) is 0 Å². The second-order valence-electron chi connectivity index (χ2n) is 7.04. The summed E-state index contributed by atoms with van der Waals surface area (Å²) in [7, 11) is 0. The zero-order valence-corrected chi connectivity index (χ0v) is 15.2. The Morgan fingerprint density at radius 2 is 1.85 bits per heavy atom.